The number of aromatic nitrogens is 2. The molecule has 2 aromatic rings. The molecule has 0 saturated carbocycles. The second-order valence-corrected chi connectivity index (χ2v) is 6.25. The van der Waals surface area contributed by atoms with Crippen LogP contribution >= 0.6 is 0 Å². The number of methoxy groups -OCH3 is 1. The van der Waals surface area contributed by atoms with Crippen LogP contribution < -0.4 is 4.90 Å². The number of fused-ring (bicyclic) bond motifs is 1. The third-order valence-corrected chi connectivity index (χ3v) is 4.21. The van der Waals surface area contributed by atoms with E-state index in [0.29, 0.717) is 31.7 Å². The van der Waals surface area contributed by atoms with Crippen LogP contribution in [0.3, 0.4) is 0 Å². The summed E-state index contributed by atoms with van der Waals surface area (Å²) in [7, 11) is 5.52. The lowest BCUT2D eigenvalue weighted by Gasteiger charge is -2.15. The molecule has 0 bridgehead atoms. The summed E-state index contributed by atoms with van der Waals surface area (Å²) in [6, 6.07) is 5.88. The van der Waals surface area contributed by atoms with Gasteiger partial charge in [-0.2, -0.15) is 0 Å². The Hall–Kier alpha value is -2.76. The van der Waals surface area contributed by atoms with Gasteiger partial charge >= 0.3 is 0 Å². The first-order chi connectivity index (χ1) is 12.1. The van der Waals surface area contributed by atoms with Gasteiger partial charge in [0.05, 0.1) is 19.2 Å². The molecule has 0 saturated heterocycles. The lowest BCUT2D eigenvalue weighted by molar-refractivity contribution is -0.118. The summed E-state index contributed by atoms with van der Waals surface area (Å²) in [5.41, 5.74) is 3.86. The summed E-state index contributed by atoms with van der Waals surface area (Å²) in [5, 5.41) is 0. The first-order valence-electron chi connectivity index (χ1n) is 8.28. The molecule has 0 amide bonds. The zero-order valence-electron chi connectivity index (χ0n) is 14.8. The summed E-state index contributed by atoms with van der Waals surface area (Å²) >= 11 is 0. The SMILES string of the molecule is COC1=NCc2cc(CC(=O)CCc3cccnc3N(C)C)ncc21. The molecule has 0 radical (unpaired) electrons. The van der Waals surface area contributed by atoms with Crippen molar-refractivity contribution in [1.82, 2.24) is 9.97 Å². The van der Waals surface area contributed by atoms with Crippen LogP contribution in [-0.4, -0.2) is 42.9 Å². The van der Waals surface area contributed by atoms with Crippen molar-refractivity contribution in [3.8, 4) is 0 Å². The Kier molecular flexibility index (Phi) is 5.07. The quantitative estimate of drug-likeness (QED) is 0.808. The fourth-order valence-electron chi connectivity index (χ4n) is 2.98. The van der Waals surface area contributed by atoms with Gasteiger partial charge in [0.15, 0.2) is 0 Å². The topological polar surface area (TPSA) is 67.7 Å². The number of aliphatic imine (C=N–C) groups is 1. The second-order valence-electron chi connectivity index (χ2n) is 6.25. The number of hydrogen-bond donors (Lipinski definition) is 0. The summed E-state index contributed by atoms with van der Waals surface area (Å²) in [6.07, 6.45) is 5.02. The lowest BCUT2D eigenvalue weighted by Crippen LogP contribution is -2.14. The van der Waals surface area contributed by atoms with Crippen LogP contribution in [0.4, 0.5) is 5.82 Å². The highest BCUT2D eigenvalue weighted by Crippen LogP contribution is 2.20. The van der Waals surface area contributed by atoms with Crippen LogP contribution in [-0.2, 0) is 28.9 Å². The molecule has 1 aliphatic rings. The molecule has 0 aromatic carbocycles. The van der Waals surface area contributed by atoms with E-state index in [0.717, 1.165) is 28.2 Å². The van der Waals surface area contributed by atoms with Crippen molar-refractivity contribution in [2.24, 2.45) is 4.99 Å². The summed E-state index contributed by atoms with van der Waals surface area (Å²) < 4.78 is 5.21. The molecule has 130 valence electrons. The van der Waals surface area contributed by atoms with Crippen molar-refractivity contribution in [3.05, 3.63) is 53.0 Å². The number of nitrogens with zero attached hydrogens (tertiary/aromatic N) is 4. The van der Waals surface area contributed by atoms with E-state index < -0.39 is 0 Å². The molecule has 0 fully saturated rings. The van der Waals surface area contributed by atoms with Crippen LogP contribution in [0, 0.1) is 0 Å². The van der Waals surface area contributed by atoms with Crippen LogP contribution in [0.5, 0.6) is 0 Å². The Morgan fingerprint density at radius 3 is 2.92 bits per heavy atom. The molecule has 2 aromatic heterocycles. The summed E-state index contributed by atoms with van der Waals surface area (Å²) in [5.74, 6) is 1.70. The van der Waals surface area contributed by atoms with Gasteiger partial charge in [0, 0.05) is 45.0 Å². The molecule has 0 spiro atoms. The molecular formula is C19H22N4O2. The van der Waals surface area contributed by atoms with Gasteiger partial charge < -0.3 is 9.64 Å². The zero-order valence-corrected chi connectivity index (χ0v) is 14.8. The highest BCUT2D eigenvalue weighted by atomic mass is 16.5. The fraction of sp³-hybridized carbons (Fsp3) is 0.368. The number of pyridine rings is 2. The molecule has 3 heterocycles. The van der Waals surface area contributed by atoms with Gasteiger partial charge in [-0.15, -0.1) is 0 Å². The highest BCUT2D eigenvalue weighted by Gasteiger charge is 2.18. The normalized spacial score (nSPS) is 12.5. The van der Waals surface area contributed by atoms with Gasteiger partial charge in [-0.3, -0.25) is 9.78 Å². The van der Waals surface area contributed by atoms with E-state index in [-0.39, 0.29) is 5.78 Å². The molecule has 0 N–H and O–H groups in total. The van der Waals surface area contributed by atoms with Crippen molar-refractivity contribution in [3.63, 3.8) is 0 Å². The van der Waals surface area contributed by atoms with Gasteiger partial charge in [-0.05, 0) is 29.7 Å². The standard InChI is InChI=1S/C19H22N4O2/c1-23(2)18-13(5-4-8-20-18)6-7-16(24)10-15-9-14-11-22-19(25-3)17(14)12-21-15/h4-5,8-9,12H,6-7,10-11H2,1-3H3. The number of hydrogen-bond acceptors (Lipinski definition) is 6. The monoisotopic (exact) mass is 338 g/mol. The molecule has 0 unspecified atom stereocenters. The third-order valence-electron chi connectivity index (χ3n) is 4.21. The first kappa shape index (κ1) is 17.1. The predicted molar refractivity (Wildman–Crippen MR) is 97.1 cm³/mol. The minimum Gasteiger partial charge on any atom is -0.481 e. The van der Waals surface area contributed by atoms with Crippen LogP contribution in [0.15, 0.2) is 35.6 Å². The van der Waals surface area contributed by atoms with Crippen LogP contribution in [0.25, 0.3) is 0 Å². The Bertz CT molecular complexity index is 815. The van der Waals surface area contributed by atoms with E-state index in [1.54, 1.807) is 19.5 Å². The van der Waals surface area contributed by atoms with Crippen LogP contribution in [0.2, 0.25) is 0 Å². The van der Waals surface area contributed by atoms with Crippen molar-refractivity contribution >= 4 is 17.5 Å². The largest absolute Gasteiger partial charge is 0.481 e. The Morgan fingerprint density at radius 1 is 1.32 bits per heavy atom. The number of carbonyl (C=O) groups excluding carboxylic acids is 1. The Labute approximate surface area is 147 Å². The lowest BCUT2D eigenvalue weighted by atomic mass is 10.0. The number of anilines is 1. The maximum Gasteiger partial charge on any atom is 0.218 e. The average Bonchev–Trinajstić information content (AvgIpc) is 3.02. The number of ketones is 1. The minimum atomic E-state index is 0.173. The minimum absolute atomic E-state index is 0.173. The zero-order chi connectivity index (χ0) is 17.8. The first-order valence-corrected chi connectivity index (χ1v) is 8.28. The molecule has 1 aliphatic heterocycles. The van der Waals surface area contributed by atoms with Gasteiger partial charge in [0.1, 0.15) is 11.6 Å². The van der Waals surface area contributed by atoms with Crippen molar-refractivity contribution in [1.29, 1.82) is 0 Å². The number of Topliss-reactive ketones (excluding diaryl/α,β-unsaturated/α-hetero) is 1. The van der Waals surface area contributed by atoms with Gasteiger partial charge in [-0.25, -0.2) is 9.98 Å². The van der Waals surface area contributed by atoms with E-state index >= 15 is 0 Å². The van der Waals surface area contributed by atoms with Gasteiger partial charge in [-0.1, -0.05) is 6.07 Å². The molecular weight excluding hydrogens is 316 g/mol. The maximum absolute atomic E-state index is 12.4. The molecule has 3 rings (SSSR count). The number of carbonyl (C=O) groups is 1. The predicted octanol–water partition coefficient (Wildman–Crippen LogP) is 2.19. The highest BCUT2D eigenvalue weighted by molar-refractivity contribution is 5.97. The molecule has 0 atom stereocenters. The van der Waals surface area contributed by atoms with E-state index in [1.807, 2.05) is 37.2 Å². The molecule has 6 nitrogen and oxygen atoms in total. The smallest absolute Gasteiger partial charge is 0.218 e. The Morgan fingerprint density at radius 2 is 2.16 bits per heavy atom. The number of aryl methyl sites for hydroxylation is 1. The molecule has 6 heteroatoms. The van der Waals surface area contributed by atoms with Gasteiger partial charge in [0.25, 0.3) is 0 Å². The average molecular weight is 338 g/mol. The third kappa shape index (κ3) is 3.84. The maximum atomic E-state index is 12.4. The summed E-state index contributed by atoms with van der Waals surface area (Å²) in [6.45, 7) is 0.587. The Balaban J connectivity index is 1.61. The van der Waals surface area contributed by atoms with Crippen molar-refractivity contribution in [2.45, 2.75) is 25.8 Å². The number of ether oxygens (including phenoxy) is 1. The van der Waals surface area contributed by atoms with Crippen LogP contribution in [0.1, 0.15) is 28.8 Å². The van der Waals surface area contributed by atoms with Crippen molar-refractivity contribution in [2.75, 3.05) is 26.1 Å². The second kappa shape index (κ2) is 7.42. The molecule has 0 aliphatic carbocycles. The van der Waals surface area contributed by atoms with Crippen molar-refractivity contribution < 1.29 is 9.53 Å². The molecule has 25 heavy (non-hydrogen) atoms. The van der Waals surface area contributed by atoms with E-state index in [9.17, 15) is 4.79 Å². The fourth-order valence-corrected chi connectivity index (χ4v) is 2.98. The number of rotatable bonds is 6. The van der Waals surface area contributed by atoms with E-state index in [1.165, 1.54) is 0 Å². The van der Waals surface area contributed by atoms with E-state index in [4.69, 9.17) is 4.74 Å². The van der Waals surface area contributed by atoms with E-state index in [2.05, 4.69) is 15.0 Å². The van der Waals surface area contributed by atoms with Gasteiger partial charge in [0.2, 0.25) is 5.90 Å². The summed E-state index contributed by atoms with van der Waals surface area (Å²) in [4.78, 5) is 27.4.